The Morgan fingerprint density at radius 2 is 1.58 bits per heavy atom. The molecule has 5 heteroatoms. The quantitative estimate of drug-likeness (QED) is 0.444. The number of hydrogen-bond acceptors (Lipinski definition) is 3. The van der Waals surface area contributed by atoms with Gasteiger partial charge in [-0.1, -0.05) is 30.3 Å². The van der Waals surface area contributed by atoms with Crippen LogP contribution in [-0.4, -0.2) is 39.8 Å². The molecular weight excluding hydrogens is 302 g/mol. The molecule has 0 heterocycles. The van der Waals surface area contributed by atoms with Crippen molar-refractivity contribution in [3.63, 3.8) is 0 Å². The van der Waals surface area contributed by atoms with Crippen molar-refractivity contribution in [1.82, 2.24) is 10.6 Å². The van der Waals surface area contributed by atoms with E-state index in [9.17, 15) is 0 Å². The smallest absolute Gasteiger partial charge is 0.191 e. The van der Waals surface area contributed by atoms with Crippen molar-refractivity contribution in [2.45, 2.75) is 6.42 Å². The molecule has 0 saturated heterocycles. The van der Waals surface area contributed by atoms with Crippen molar-refractivity contribution >= 4 is 5.96 Å². The number of ether oxygens (including phenoxy) is 2. The zero-order valence-electron chi connectivity index (χ0n) is 14.3. The first kappa shape index (κ1) is 17.7. The van der Waals surface area contributed by atoms with Gasteiger partial charge in [0, 0.05) is 13.6 Å². The molecule has 0 amide bonds. The van der Waals surface area contributed by atoms with E-state index in [1.807, 2.05) is 30.3 Å². The number of aliphatic imine (C=N–C) groups is 1. The van der Waals surface area contributed by atoms with Crippen LogP contribution in [0.4, 0.5) is 0 Å². The van der Waals surface area contributed by atoms with Crippen LogP contribution < -0.4 is 20.1 Å². The first-order chi connectivity index (χ1) is 11.8. The highest BCUT2D eigenvalue weighted by atomic mass is 16.5. The molecule has 0 radical (unpaired) electrons. The van der Waals surface area contributed by atoms with Crippen LogP contribution in [0.1, 0.15) is 5.56 Å². The first-order valence-electron chi connectivity index (χ1n) is 8.07. The standard InChI is InChI=1S/C19H25N3O2/c1-20-19(21-13-12-16-6-4-3-5-7-16)22-14-15-24-18-10-8-17(23-2)9-11-18/h3-11H,12-15H2,1-2H3,(H2,20,21,22). The lowest BCUT2D eigenvalue weighted by Gasteiger charge is -2.12. The van der Waals surface area contributed by atoms with E-state index in [0.717, 1.165) is 30.4 Å². The summed E-state index contributed by atoms with van der Waals surface area (Å²) in [7, 11) is 3.42. The van der Waals surface area contributed by atoms with E-state index in [1.54, 1.807) is 14.2 Å². The van der Waals surface area contributed by atoms with Crippen molar-refractivity contribution in [3.8, 4) is 11.5 Å². The zero-order chi connectivity index (χ0) is 17.0. The first-order valence-corrected chi connectivity index (χ1v) is 8.07. The highest BCUT2D eigenvalue weighted by Gasteiger charge is 1.99. The summed E-state index contributed by atoms with van der Waals surface area (Å²) in [6, 6.07) is 17.9. The van der Waals surface area contributed by atoms with Crippen LogP contribution in [0.15, 0.2) is 59.6 Å². The maximum absolute atomic E-state index is 5.67. The molecule has 0 aliphatic rings. The van der Waals surface area contributed by atoms with Gasteiger partial charge in [-0.2, -0.15) is 0 Å². The Kier molecular flexibility index (Phi) is 7.47. The topological polar surface area (TPSA) is 54.9 Å². The van der Waals surface area contributed by atoms with Crippen LogP contribution in [0.25, 0.3) is 0 Å². The molecule has 0 spiro atoms. The van der Waals surface area contributed by atoms with E-state index in [1.165, 1.54) is 5.56 Å². The normalized spacial score (nSPS) is 11.0. The van der Waals surface area contributed by atoms with Gasteiger partial charge in [0.1, 0.15) is 18.1 Å². The summed E-state index contributed by atoms with van der Waals surface area (Å²) in [5.41, 5.74) is 1.31. The van der Waals surface area contributed by atoms with E-state index < -0.39 is 0 Å². The molecule has 2 aromatic rings. The van der Waals surface area contributed by atoms with Crippen molar-refractivity contribution in [1.29, 1.82) is 0 Å². The second-order valence-electron chi connectivity index (χ2n) is 5.19. The van der Waals surface area contributed by atoms with Crippen molar-refractivity contribution < 1.29 is 9.47 Å². The van der Waals surface area contributed by atoms with E-state index in [2.05, 4.69) is 39.9 Å². The number of benzene rings is 2. The van der Waals surface area contributed by atoms with Gasteiger partial charge in [0.25, 0.3) is 0 Å². The van der Waals surface area contributed by atoms with Crippen molar-refractivity contribution in [2.24, 2.45) is 4.99 Å². The monoisotopic (exact) mass is 327 g/mol. The maximum Gasteiger partial charge on any atom is 0.191 e. The fraction of sp³-hybridized carbons (Fsp3) is 0.316. The molecule has 0 fully saturated rings. The molecule has 0 aromatic heterocycles. The maximum atomic E-state index is 5.67. The lowest BCUT2D eigenvalue weighted by Crippen LogP contribution is -2.40. The van der Waals surface area contributed by atoms with Gasteiger partial charge in [-0.15, -0.1) is 0 Å². The van der Waals surface area contributed by atoms with Crippen LogP contribution in [0.3, 0.4) is 0 Å². The minimum Gasteiger partial charge on any atom is -0.497 e. The van der Waals surface area contributed by atoms with Gasteiger partial charge < -0.3 is 20.1 Å². The average molecular weight is 327 g/mol. The molecule has 2 N–H and O–H groups in total. The van der Waals surface area contributed by atoms with E-state index in [0.29, 0.717) is 13.2 Å². The van der Waals surface area contributed by atoms with Crippen molar-refractivity contribution in [2.75, 3.05) is 33.9 Å². The average Bonchev–Trinajstić information content (AvgIpc) is 2.65. The lowest BCUT2D eigenvalue weighted by molar-refractivity contribution is 0.321. The van der Waals surface area contributed by atoms with Crippen LogP contribution in [-0.2, 0) is 6.42 Å². The summed E-state index contributed by atoms with van der Waals surface area (Å²) in [5.74, 6) is 2.43. The molecule has 0 bridgehead atoms. The van der Waals surface area contributed by atoms with Crippen LogP contribution >= 0.6 is 0 Å². The Bertz CT molecular complexity index is 612. The summed E-state index contributed by atoms with van der Waals surface area (Å²) in [6.45, 7) is 2.08. The molecule has 0 unspecified atom stereocenters. The summed E-state index contributed by atoms with van der Waals surface area (Å²) in [5, 5.41) is 6.54. The number of nitrogens with one attached hydrogen (secondary N) is 2. The lowest BCUT2D eigenvalue weighted by atomic mass is 10.1. The minimum atomic E-state index is 0.561. The Balaban J connectivity index is 1.62. The third-order valence-electron chi connectivity index (χ3n) is 3.50. The zero-order valence-corrected chi connectivity index (χ0v) is 14.3. The van der Waals surface area contributed by atoms with E-state index >= 15 is 0 Å². The summed E-state index contributed by atoms with van der Waals surface area (Å²) in [6.07, 6.45) is 0.962. The van der Waals surface area contributed by atoms with Gasteiger partial charge in [-0.05, 0) is 36.2 Å². The highest BCUT2D eigenvalue weighted by molar-refractivity contribution is 5.79. The number of methoxy groups -OCH3 is 1. The fourth-order valence-corrected chi connectivity index (χ4v) is 2.20. The van der Waals surface area contributed by atoms with Gasteiger partial charge >= 0.3 is 0 Å². The van der Waals surface area contributed by atoms with E-state index in [4.69, 9.17) is 9.47 Å². The number of hydrogen-bond donors (Lipinski definition) is 2. The largest absolute Gasteiger partial charge is 0.497 e. The Labute approximate surface area is 143 Å². The van der Waals surface area contributed by atoms with Gasteiger partial charge in [0.05, 0.1) is 13.7 Å². The Morgan fingerprint density at radius 1 is 0.917 bits per heavy atom. The van der Waals surface area contributed by atoms with Crippen molar-refractivity contribution in [3.05, 3.63) is 60.2 Å². The molecular formula is C19H25N3O2. The second kappa shape index (κ2) is 10.2. The molecule has 24 heavy (non-hydrogen) atoms. The SMILES string of the molecule is CN=C(NCCOc1ccc(OC)cc1)NCCc1ccccc1. The summed E-state index contributed by atoms with van der Waals surface area (Å²) in [4.78, 5) is 4.21. The molecule has 128 valence electrons. The predicted octanol–water partition coefficient (Wildman–Crippen LogP) is 2.48. The molecule has 0 saturated carbocycles. The third-order valence-corrected chi connectivity index (χ3v) is 3.50. The van der Waals surface area contributed by atoms with Gasteiger partial charge in [0.2, 0.25) is 0 Å². The predicted molar refractivity (Wildman–Crippen MR) is 98.0 cm³/mol. The molecule has 2 rings (SSSR count). The molecule has 2 aromatic carbocycles. The Hall–Kier alpha value is -2.69. The fourth-order valence-electron chi connectivity index (χ4n) is 2.20. The second-order valence-corrected chi connectivity index (χ2v) is 5.19. The van der Waals surface area contributed by atoms with Gasteiger partial charge in [-0.3, -0.25) is 4.99 Å². The van der Waals surface area contributed by atoms with Crippen LogP contribution in [0, 0.1) is 0 Å². The molecule has 0 atom stereocenters. The van der Waals surface area contributed by atoms with Gasteiger partial charge in [-0.25, -0.2) is 0 Å². The third kappa shape index (κ3) is 6.20. The number of rotatable bonds is 8. The van der Waals surface area contributed by atoms with Crippen LogP contribution in [0.2, 0.25) is 0 Å². The van der Waals surface area contributed by atoms with Crippen LogP contribution in [0.5, 0.6) is 11.5 Å². The van der Waals surface area contributed by atoms with Gasteiger partial charge in [0.15, 0.2) is 5.96 Å². The summed E-state index contributed by atoms with van der Waals surface area (Å²) < 4.78 is 10.8. The number of nitrogens with zero attached hydrogens (tertiary/aromatic N) is 1. The highest BCUT2D eigenvalue weighted by Crippen LogP contribution is 2.16. The summed E-state index contributed by atoms with van der Waals surface area (Å²) >= 11 is 0. The molecule has 5 nitrogen and oxygen atoms in total. The number of guanidine groups is 1. The minimum absolute atomic E-state index is 0.561. The van der Waals surface area contributed by atoms with E-state index in [-0.39, 0.29) is 0 Å². The molecule has 0 aliphatic heterocycles. The Morgan fingerprint density at radius 3 is 2.25 bits per heavy atom. The molecule has 0 aliphatic carbocycles.